The van der Waals surface area contributed by atoms with Crippen molar-refractivity contribution in [2.45, 2.75) is 45.8 Å². The van der Waals surface area contributed by atoms with Crippen molar-refractivity contribution >= 4 is 24.6 Å². The minimum absolute atomic E-state index is 0.189. The monoisotopic (exact) mass is 338 g/mol. The van der Waals surface area contributed by atoms with Crippen molar-refractivity contribution in [1.82, 2.24) is 0 Å². The molecule has 0 unspecified atom stereocenters. The summed E-state index contributed by atoms with van der Waals surface area (Å²) in [4.78, 5) is 11.3. The summed E-state index contributed by atoms with van der Waals surface area (Å²) in [7, 11) is -0.859. The molecule has 24 heavy (non-hydrogen) atoms. The molecule has 1 aromatic carbocycles. The molecule has 0 amide bonds. The third-order valence-electron chi connectivity index (χ3n) is 4.30. The highest BCUT2D eigenvalue weighted by Crippen LogP contribution is 2.36. The Bertz CT molecular complexity index is 632. The third-order valence-corrected chi connectivity index (χ3v) is 4.30. The molecule has 0 aromatic heterocycles. The molecule has 0 bridgehead atoms. The van der Waals surface area contributed by atoms with Gasteiger partial charge in [0.15, 0.2) is 0 Å². The number of esters is 1. The topological polar surface area (TPSA) is 44.8 Å². The molecule has 0 atom stereocenters. The van der Waals surface area contributed by atoms with Crippen molar-refractivity contribution in [3.05, 3.63) is 35.4 Å². The molecule has 0 aliphatic carbocycles. The van der Waals surface area contributed by atoms with Gasteiger partial charge in [0.05, 0.1) is 17.8 Å². The summed E-state index contributed by atoms with van der Waals surface area (Å²) in [6, 6.07) is 2.30. The van der Waals surface area contributed by atoms with E-state index in [9.17, 15) is 13.6 Å². The largest absolute Gasteiger partial charge is 0.495 e. The third kappa shape index (κ3) is 3.67. The van der Waals surface area contributed by atoms with Crippen LogP contribution in [0.25, 0.3) is 6.08 Å². The van der Waals surface area contributed by atoms with Crippen LogP contribution in [0.4, 0.5) is 8.78 Å². The quantitative estimate of drug-likeness (QED) is 0.481. The second-order valence-electron chi connectivity index (χ2n) is 6.57. The maximum atomic E-state index is 14.2. The molecule has 1 heterocycles. The van der Waals surface area contributed by atoms with E-state index in [-0.39, 0.29) is 17.6 Å². The number of ether oxygens (including phenoxy) is 1. The van der Waals surface area contributed by atoms with Gasteiger partial charge in [-0.25, -0.2) is 13.6 Å². The van der Waals surface area contributed by atoms with Gasteiger partial charge in [0, 0.05) is 11.6 Å². The lowest BCUT2D eigenvalue weighted by Gasteiger charge is -2.32. The molecule has 0 radical (unpaired) electrons. The predicted octanol–water partition coefficient (Wildman–Crippen LogP) is 2.84. The molecule has 7 heteroatoms. The Morgan fingerprint density at radius 1 is 1.17 bits per heavy atom. The molecule has 1 aliphatic rings. The van der Waals surface area contributed by atoms with Crippen LogP contribution < -0.4 is 5.46 Å². The zero-order valence-corrected chi connectivity index (χ0v) is 14.5. The summed E-state index contributed by atoms with van der Waals surface area (Å²) in [5.41, 5.74) is -1.28. The van der Waals surface area contributed by atoms with Gasteiger partial charge in [0.2, 0.25) is 0 Å². The highest BCUT2D eigenvalue weighted by Gasteiger charge is 2.51. The SMILES string of the molecule is CCOC(=O)/C=C/c1c(F)cc(B2OC(C)(C)C(C)(C)O2)cc1F. The fourth-order valence-corrected chi connectivity index (χ4v) is 2.22. The fourth-order valence-electron chi connectivity index (χ4n) is 2.22. The first-order valence-corrected chi connectivity index (χ1v) is 7.77. The minimum atomic E-state index is -0.859. The van der Waals surface area contributed by atoms with Gasteiger partial charge in [0.25, 0.3) is 0 Å². The summed E-state index contributed by atoms with van der Waals surface area (Å²) in [6.45, 7) is 9.26. The van der Waals surface area contributed by atoms with Crippen LogP contribution >= 0.6 is 0 Å². The van der Waals surface area contributed by atoms with Gasteiger partial charge in [-0.15, -0.1) is 0 Å². The Hall–Kier alpha value is -1.73. The van der Waals surface area contributed by atoms with Gasteiger partial charge < -0.3 is 14.0 Å². The van der Waals surface area contributed by atoms with Crippen LogP contribution in [0.15, 0.2) is 18.2 Å². The number of rotatable bonds is 4. The number of hydrogen-bond donors (Lipinski definition) is 0. The van der Waals surface area contributed by atoms with Gasteiger partial charge in [-0.1, -0.05) is 0 Å². The van der Waals surface area contributed by atoms with Crippen molar-refractivity contribution < 1.29 is 27.6 Å². The van der Waals surface area contributed by atoms with Gasteiger partial charge >= 0.3 is 13.1 Å². The highest BCUT2D eigenvalue weighted by atomic mass is 19.1. The molecule has 2 rings (SSSR count). The molecular weight excluding hydrogens is 317 g/mol. The van der Waals surface area contributed by atoms with Crippen LogP contribution in [-0.2, 0) is 18.8 Å². The average Bonchev–Trinajstić information content (AvgIpc) is 2.66. The fraction of sp³-hybridized carbons (Fsp3) is 0.471. The molecule has 0 spiro atoms. The van der Waals surface area contributed by atoms with Crippen LogP contribution in [0.2, 0.25) is 0 Å². The first-order chi connectivity index (χ1) is 11.1. The van der Waals surface area contributed by atoms with Crippen LogP contribution in [-0.4, -0.2) is 30.9 Å². The standard InChI is InChI=1S/C17H21BF2O4/c1-6-22-15(21)8-7-12-13(19)9-11(10-14(12)20)18-23-16(2,3)17(4,5)24-18/h7-10H,6H2,1-5H3/b8-7+. The zero-order chi connectivity index (χ0) is 18.1. The molecule has 0 saturated carbocycles. The van der Waals surface area contributed by atoms with Crippen LogP contribution in [0.5, 0.6) is 0 Å². The van der Waals surface area contributed by atoms with E-state index in [4.69, 9.17) is 9.31 Å². The number of carbonyl (C=O) groups is 1. The first kappa shape index (κ1) is 18.6. The van der Waals surface area contributed by atoms with Crippen LogP contribution in [0.3, 0.4) is 0 Å². The van der Waals surface area contributed by atoms with E-state index in [1.165, 1.54) is 0 Å². The molecule has 4 nitrogen and oxygen atoms in total. The second-order valence-corrected chi connectivity index (χ2v) is 6.57. The van der Waals surface area contributed by atoms with Crippen molar-refractivity contribution in [2.24, 2.45) is 0 Å². The number of halogens is 2. The minimum Gasteiger partial charge on any atom is -0.463 e. The average molecular weight is 338 g/mol. The van der Waals surface area contributed by atoms with Crippen molar-refractivity contribution in [2.75, 3.05) is 6.61 Å². The van der Waals surface area contributed by atoms with E-state index in [1.54, 1.807) is 6.92 Å². The Morgan fingerprint density at radius 2 is 1.67 bits per heavy atom. The molecule has 1 aromatic rings. The first-order valence-electron chi connectivity index (χ1n) is 7.77. The lowest BCUT2D eigenvalue weighted by Crippen LogP contribution is -2.41. The Morgan fingerprint density at radius 3 is 2.12 bits per heavy atom. The van der Waals surface area contributed by atoms with Crippen LogP contribution in [0, 0.1) is 11.6 Å². The maximum absolute atomic E-state index is 14.2. The van der Waals surface area contributed by atoms with Crippen LogP contribution in [0.1, 0.15) is 40.2 Å². The smallest absolute Gasteiger partial charge is 0.463 e. The lowest BCUT2D eigenvalue weighted by molar-refractivity contribution is -0.137. The Kier molecular flexibility index (Phi) is 5.15. The van der Waals surface area contributed by atoms with E-state index in [2.05, 4.69) is 4.74 Å². The summed E-state index contributed by atoms with van der Waals surface area (Å²) in [5, 5.41) is 0. The van der Waals surface area contributed by atoms with E-state index < -0.39 is 35.9 Å². The lowest BCUT2D eigenvalue weighted by atomic mass is 9.78. The van der Waals surface area contributed by atoms with E-state index in [0.29, 0.717) is 0 Å². The maximum Gasteiger partial charge on any atom is 0.495 e. The van der Waals surface area contributed by atoms with Crippen molar-refractivity contribution in [3.63, 3.8) is 0 Å². The molecule has 130 valence electrons. The summed E-state index contributed by atoms with van der Waals surface area (Å²) >= 11 is 0. The van der Waals surface area contributed by atoms with Gasteiger partial charge in [-0.2, -0.15) is 0 Å². The highest BCUT2D eigenvalue weighted by molar-refractivity contribution is 6.62. The van der Waals surface area contributed by atoms with Crippen molar-refractivity contribution in [3.8, 4) is 0 Å². The van der Waals surface area contributed by atoms with E-state index in [0.717, 1.165) is 24.3 Å². The summed E-state index contributed by atoms with van der Waals surface area (Å²) in [6.07, 6.45) is 2.04. The molecule has 0 N–H and O–H groups in total. The Labute approximate surface area is 140 Å². The molecular formula is C17H21BF2O4. The van der Waals surface area contributed by atoms with E-state index >= 15 is 0 Å². The number of benzene rings is 1. The van der Waals surface area contributed by atoms with Gasteiger partial charge in [0.1, 0.15) is 11.6 Å². The number of carbonyl (C=O) groups excluding carboxylic acids is 1. The van der Waals surface area contributed by atoms with Gasteiger partial charge in [-0.3, -0.25) is 0 Å². The molecule has 1 fully saturated rings. The normalized spacial score (nSPS) is 19.0. The number of hydrogen-bond acceptors (Lipinski definition) is 4. The zero-order valence-electron chi connectivity index (χ0n) is 14.5. The molecule has 1 saturated heterocycles. The summed E-state index contributed by atoms with van der Waals surface area (Å²) < 4.78 is 44.7. The van der Waals surface area contributed by atoms with Gasteiger partial charge in [-0.05, 0) is 58.3 Å². The Balaban J connectivity index is 2.26. The second kappa shape index (κ2) is 6.65. The predicted molar refractivity (Wildman–Crippen MR) is 87.7 cm³/mol. The van der Waals surface area contributed by atoms with E-state index in [1.807, 2.05) is 27.7 Å². The summed E-state index contributed by atoms with van der Waals surface area (Å²) in [5.74, 6) is -2.27. The molecule has 1 aliphatic heterocycles. The van der Waals surface area contributed by atoms with Crippen molar-refractivity contribution in [1.29, 1.82) is 0 Å².